The molecule has 1 aromatic carbocycles. The van der Waals surface area contributed by atoms with E-state index in [2.05, 4.69) is 5.32 Å². The SMILES string of the molecule is CCOC(=O)c1ccccc1NC(=O)C(C)C(=O)OCC. The molecular formula is C15H19NO5. The minimum atomic E-state index is -0.958. The quantitative estimate of drug-likeness (QED) is 0.641. The molecule has 0 spiro atoms. The molecule has 114 valence electrons. The molecular weight excluding hydrogens is 274 g/mol. The van der Waals surface area contributed by atoms with Crippen LogP contribution in [0.15, 0.2) is 24.3 Å². The van der Waals surface area contributed by atoms with Gasteiger partial charge in [-0.2, -0.15) is 0 Å². The van der Waals surface area contributed by atoms with Crippen molar-refractivity contribution in [3.63, 3.8) is 0 Å². The summed E-state index contributed by atoms with van der Waals surface area (Å²) < 4.78 is 9.70. The lowest BCUT2D eigenvalue weighted by Gasteiger charge is -2.13. The summed E-state index contributed by atoms with van der Waals surface area (Å²) in [5.41, 5.74) is 0.542. The van der Waals surface area contributed by atoms with Crippen LogP contribution in [0.2, 0.25) is 0 Å². The molecule has 1 unspecified atom stereocenters. The van der Waals surface area contributed by atoms with Crippen molar-refractivity contribution >= 4 is 23.5 Å². The fourth-order valence-corrected chi connectivity index (χ4v) is 1.59. The van der Waals surface area contributed by atoms with Crippen molar-refractivity contribution in [3.8, 4) is 0 Å². The van der Waals surface area contributed by atoms with Crippen LogP contribution in [0.3, 0.4) is 0 Å². The molecule has 0 aliphatic carbocycles. The van der Waals surface area contributed by atoms with E-state index in [1.54, 1.807) is 38.1 Å². The molecule has 0 saturated heterocycles. The highest BCUT2D eigenvalue weighted by molar-refractivity contribution is 6.07. The fraction of sp³-hybridized carbons (Fsp3) is 0.400. The van der Waals surface area contributed by atoms with Gasteiger partial charge < -0.3 is 14.8 Å². The molecule has 6 nitrogen and oxygen atoms in total. The zero-order valence-corrected chi connectivity index (χ0v) is 12.3. The number of hydrogen-bond acceptors (Lipinski definition) is 5. The highest BCUT2D eigenvalue weighted by Gasteiger charge is 2.24. The first-order valence-electron chi connectivity index (χ1n) is 6.74. The Bertz CT molecular complexity index is 527. The topological polar surface area (TPSA) is 81.7 Å². The van der Waals surface area contributed by atoms with Crippen LogP contribution in [0.5, 0.6) is 0 Å². The maximum absolute atomic E-state index is 12.0. The maximum atomic E-state index is 12.0. The van der Waals surface area contributed by atoms with Gasteiger partial charge in [-0.1, -0.05) is 12.1 Å². The van der Waals surface area contributed by atoms with Gasteiger partial charge in [0.25, 0.3) is 0 Å². The summed E-state index contributed by atoms with van der Waals surface area (Å²) in [6.07, 6.45) is 0. The van der Waals surface area contributed by atoms with Crippen LogP contribution in [-0.4, -0.2) is 31.1 Å². The van der Waals surface area contributed by atoms with E-state index in [0.717, 1.165) is 0 Å². The van der Waals surface area contributed by atoms with Gasteiger partial charge in [-0.3, -0.25) is 9.59 Å². The average molecular weight is 293 g/mol. The summed E-state index contributed by atoms with van der Waals surface area (Å²) in [6, 6.07) is 6.45. The molecule has 6 heteroatoms. The van der Waals surface area contributed by atoms with Gasteiger partial charge in [-0.25, -0.2) is 4.79 Å². The number of nitrogens with one attached hydrogen (secondary N) is 1. The Morgan fingerprint density at radius 3 is 2.33 bits per heavy atom. The van der Waals surface area contributed by atoms with Crippen molar-refractivity contribution in [2.24, 2.45) is 5.92 Å². The predicted molar refractivity (Wildman–Crippen MR) is 76.8 cm³/mol. The zero-order valence-electron chi connectivity index (χ0n) is 12.3. The molecule has 0 radical (unpaired) electrons. The molecule has 0 aliphatic heterocycles. The van der Waals surface area contributed by atoms with Crippen molar-refractivity contribution in [1.82, 2.24) is 0 Å². The first kappa shape index (κ1) is 16.7. The first-order chi connectivity index (χ1) is 10.0. The van der Waals surface area contributed by atoms with Crippen LogP contribution < -0.4 is 5.32 Å². The van der Waals surface area contributed by atoms with E-state index in [-0.39, 0.29) is 18.8 Å². The van der Waals surface area contributed by atoms with Gasteiger partial charge in [0, 0.05) is 0 Å². The number of benzene rings is 1. The van der Waals surface area contributed by atoms with E-state index in [4.69, 9.17) is 9.47 Å². The number of carbonyl (C=O) groups is 3. The highest BCUT2D eigenvalue weighted by Crippen LogP contribution is 2.17. The summed E-state index contributed by atoms with van der Waals surface area (Å²) >= 11 is 0. The highest BCUT2D eigenvalue weighted by atomic mass is 16.5. The van der Waals surface area contributed by atoms with Crippen LogP contribution in [0.1, 0.15) is 31.1 Å². The van der Waals surface area contributed by atoms with Crippen LogP contribution in [0.4, 0.5) is 5.69 Å². The van der Waals surface area contributed by atoms with Gasteiger partial charge >= 0.3 is 11.9 Å². The van der Waals surface area contributed by atoms with Crippen molar-refractivity contribution in [2.45, 2.75) is 20.8 Å². The number of carbonyl (C=O) groups excluding carboxylic acids is 3. The van der Waals surface area contributed by atoms with Crippen molar-refractivity contribution in [1.29, 1.82) is 0 Å². The van der Waals surface area contributed by atoms with E-state index in [0.29, 0.717) is 5.69 Å². The number of esters is 2. The lowest BCUT2D eigenvalue weighted by molar-refractivity contribution is -0.150. The van der Waals surface area contributed by atoms with Gasteiger partial charge in [0.2, 0.25) is 5.91 Å². The molecule has 0 aromatic heterocycles. The third kappa shape index (κ3) is 4.59. The smallest absolute Gasteiger partial charge is 0.340 e. The molecule has 1 amide bonds. The van der Waals surface area contributed by atoms with E-state index in [1.807, 2.05) is 0 Å². The number of rotatable bonds is 6. The summed E-state index contributed by atoms with van der Waals surface area (Å²) in [5.74, 6) is -2.63. The molecule has 1 N–H and O–H groups in total. The second-order valence-electron chi connectivity index (χ2n) is 4.23. The number of ether oxygens (including phenoxy) is 2. The van der Waals surface area contributed by atoms with E-state index in [9.17, 15) is 14.4 Å². The molecule has 1 rings (SSSR count). The third-order valence-corrected chi connectivity index (χ3v) is 2.71. The van der Waals surface area contributed by atoms with Gasteiger partial charge in [0.15, 0.2) is 0 Å². The Hall–Kier alpha value is -2.37. The Morgan fingerprint density at radius 1 is 1.10 bits per heavy atom. The molecule has 0 bridgehead atoms. The fourth-order valence-electron chi connectivity index (χ4n) is 1.59. The summed E-state index contributed by atoms with van der Waals surface area (Å²) in [4.78, 5) is 35.3. The van der Waals surface area contributed by atoms with Crippen LogP contribution >= 0.6 is 0 Å². The minimum Gasteiger partial charge on any atom is -0.465 e. The maximum Gasteiger partial charge on any atom is 0.340 e. The molecule has 1 aromatic rings. The lowest BCUT2D eigenvalue weighted by atomic mass is 10.1. The number of para-hydroxylation sites is 1. The second-order valence-corrected chi connectivity index (χ2v) is 4.23. The predicted octanol–water partition coefficient (Wildman–Crippen LogP) is 2.00. The minimum absolute atomic E-state index is 0.204. The normalized spacial score (nSPS) is 11.4. The summed E-state index contributed by atoms with van der Waals surface area (Å²) in [6.45, 7) is 5.25. The third-order valence-electron chi connectivity index (χ3n) is 2.71. The van der Waals surface area contributed by atoms with E-state index < -0.39 is 23.8 Å². The van der Waals surface area contributed by atoms with Gasteiger partial charge in [0.05, 0.1) is 24.5 Å². The molecule has 0 fully saturated rings. The van der Waals surface area contributed by atoms with Gasteiger partial charge in [-0.15, -0.1) is 0 Å². The summed E-state index contributed by atoms with van der Waals surface area (Å²) in [7, 11) is 0. The molecule has 21 heavy (non-hydrogen) atoms. The standard InChI is InChI=1S/C15H19NO5/c1-4-20-14(18)10(3)13(17)16-12-9-7-6-8-11(12)15(19)21-5-2/h6-10H,4-5H2,1-3H3,(H,16,17). The largest absolute Gasteiger partial charge is 0.465 e. The van der Waals surface area contributed by atoms with Gasteiger partial charge in [-0.05, 0) is 32.9 Å². The average Bonchev–Trinajstić information content (AvgIpc) is 2.47. The monoisotopic (exact) mass is 293 g/mol. The van der Waals surface area contributed by atoms with Crippen molar-refractivity contribution in [2.75, 3.05) is 18.5 Å². The van der Waals surface area contributed by atoms with Crippen LogP contribution in [-0.2, 0) is 19.1 Å². The molecule has 0 heterocycles. The molecule has 0 saturated carbocycles. The number of amides is 1. The number of anilines is 1. The Labute approximate surface area is 123 Å². The van der Waals surface area contributed by atoms with Crippen LogP contribution in [0.25, 0.3) is 0 Å². The first-order valence-corrected chi connectivity index (χ1v) is 6.74. The molecule has 1 atom stereocenters. The zero-order chi connectivity index (χ0) is 15.8. The Balaban J connectivity index is 2.85. The van der Waals surface area contributed by atoms with E-state index in [1.165, 1.54) is 6.92 Å². The Kier molecular flexibility index (Phi) is 6.39. The number of hydrogen-bond donors (Lipinski definition) is 1. The van der Waals surface area contributed by atoms with Crippen molar-refractivity contribution < 1.29 is 23.9 Å². The Morgan fingerprint density at radius 2 is 1.71 bits per heavy atom. The van der Waals surface area contributed by atoms with E-state index >= 15 is 0 Å². The summed E-state index contributed by atoms with van der Waals surface area (Å²) in [5, 5.41) is 2.55. The van der Waals surface area contributed by atoms with Crippen LogP contribution in [0, 0.1) is 5.92 Å². The lowest BCUT2D eigenvalue weighted by Crippen LogP contribution is -2.29. The molecule has 0 aliphatic rings. The second kappa shape index (κ2) is 8.04. The van der Waals surface area contributed by atoms with Gasteiger partial charge in [0.1, 0.15) is 5.92 Å². The van der Waals surface area contributed by atoms with Crippen molar-refractivity contribution in [3.05, 3.63) is 29.8 Å².